The normalized spacial score (nSPS) is 11.1. The highest BCUT2D eigenvalue weighted by atomic mass is 19.1. The highest BCUT2D eigenvalue weighted by Gasteiger charge is 2.13. The van der Waals surface area contributed by atoms with E-state index in [1.807, 2.05) is 42.8 Å². The molecule has 0 aliphatic heterocycles. The predicted octanol–water partition coefficient (Wildman–Crippen LogP) is 3.74. The zero-order valence-electron chi connectivity index (χ0n) is 17.3. The summed E-state index contributed by atoms with van der Waals surface area (Å²) >= 11 is 0. The summed E-state index contributed by atoms with van der Waals surface area (Å²) in [6.45, 7) is 4.10. The first-order valence-corrected chi connectivity index (χ1v) is 9.85. The van der Waals surface area contributed by atoms with Crippen LogP contribution in [-0.4, -0.2) is 34.3 Å². The van der Waals surface area contributed by atoms with Crippen LogP contribution in [0.1, 0.15) is 22.5 Å². The van der Waals surface area contributed by atoms with E-state index in [9.17, 15) is 9.65 Å². The number of fused-ring (bicyclic) bond motifs is 1. The van der Waals surface area contributed by atoms with Gasteiger partial charge in [-0.1, -0.05) is 0 Å². The van der Waals surface area contributed by atoms with E-state index in [0.717, 1.165) is 22.6 Å². The summed E-state index contributed by atoms with van der Waals surface area (Å²) in [6.07, 6.45) is 5.39. The molecule has 0 radical (unpaired) electrons. The van der Waals surface area contributed by atoms with Gasteiger partial charge in [-0.05, 0) is 37.6 Å². The molecular formula is C22H18FN9. The van der Waals surface area contributed by atoms with Crippen molar-refractivity contribution in [1.82, 2.24) is 34.3 Å². The molecule has 0 spiro atoms. The Bertz CT molecular complexity index is 1490. The summed E-state index contributed by atoms with van der Waals surface area (Å²) in [5.41, 5.74) is 4.93. The minimum atomic E-state index is -0.391. The molecular weight excluding hydrogens is 409 g/mol. The maximum Gasteiger partial charge on any atom is 0.215 e. The van der Waals surface area contributed by atoms with Crippen LogP contribution in [0.4, 0.5) is 16.2 Å². The monoisotopic (exact) mass is 427 g/mol. The van der Waals surface area contributed by atoms with Crippen molar-refractivity contribution in [1.29, 1.82) is 5.26 Å². The molecule has 158 valence electrons. The number of nitrogens with zero attached hydrogens (tertiary/aromatic N) is 7. The van der Waals surface area contributed by atoms with Gasteiger partial charge in [-0.25, -0.2) is 14.4 Å². The molecule has 32 heavy (non-hydrogen) atoms. The smallest absolute Gasteiger partial charge is 0.215 e. The molecule has 9 nitrogen and oxygen atoms in total. The summed E-state index contributed by atoms with van der Waals surface area (Å²) in [5.74, 6) is 0.817. The average molecular weight is 427 g/mol. The number of aromatic nitrogens is 7. The second-order valence-electron chi connectivity index (χ2n) is 7.48. The number of nitriles is 1. The zero-order chi connectivity index (χ0) is 22.2. The quantitative estimate of drug-likeness (QED) is 0.442. The lowest BCUT2D eigenvalue weighted by Gasteiger charge is -2.08. The van der Waals surface area contributed by atoms with E-state index in [1.165, 1.54) is 18.2 Å². The van der Waals surface area contributed by atoms with E-state index in [4.69, 9.17) is 4.98 Å². The fourth-order valence-electron chi connectivity index (χ4n) is 3.50. The van der Waals surface area contributed by atoms with Crippen LogP contribution in [0.3, 0.4) is 0 Å². The molecule has 0 bridgehead atoms. The lowest BCUT2D eigenvalue weighted by Crippen LogP contribution is -2.03. The number of hydrogen-bond acceptors (Lipinski definition) is 6. The average Bonchev–Trinajstić information content (AvgIpc) is 3.48. The Morgan fingerprint density at radius 2 is 2.03 bits per heavy atom. The molecule has 0 aliphatic rings. The molecule has 0 aliphatic carbocycles. The number of benzene rings is 1. The van der Waals surface area contributed by atoms with Crippen molar-refractivity contribution < 1.29 is 4.39 Å². The van der Waals surface area contributed by atoms with Gasteiger partial charge in [0.15, 0.2) is 5.82 Å². The Hall–Kier alpha value is -4.52. The summed E-state index contributed by atoms with van der Waals surface area (Å²) in [6, 6.07) is 9.94. The fraction of sp³-hybridized carbons (Fsp3) is 0.136. The number of H-pyrrole nitrogens is 1. The molecule has 0 unspecified atom stereocenters. The van der Waals surface area contributed by atoms with Gasteiger partial charge in [0.05, 0.1) is 35.8 Å². The Balaban J connectivity index is 1.51. The molecule has 5 rings (SSSR count). The van der Waals surface area contributed by atoms with Crippen LogP contribution in [0.25, 0.3) is 16.9 Å². The van der Waals surface area contributed by atoms with Gasteiger partial charge in [0.25, 0.3) is 0 Å². The van der Waals surface area contributed by atoms with E-state index in [0.29, 0.717) is 28.6 Å². The van der Waals surface area contributed by atoms with Crippen molar-refractivity contribution in [2.45, 2.75) is 20.4 Å². The van der Waals surface area contributed by atoms with Crippen molar-refractivity contribution in [3.63, 3.8) is 0 Å². The first-order valence-electron chi connectivity index (χ1n) is 9.85. The number of nitrogens with one attached hydrogen (secondary N) is 2. The molecule has 4 heterocycles. The third-order valence-electron chi connectivity index (χ3n) is 4.97. The number of aromatic amines is 1. The van der Waals surface area contributed by atoms with Crippen LogP contribution >= 0.6 is 0 Å². The predicted molar refractivity (Wildman–Crippen MR) is 116 cm³/mol. The zero-order valence-corrected chi connectivity index (χ0v) is 17.3. The Labute approximate surface area is 182 Å². The van der Waals surface area contributed by atoms with Gasteiger partial charge < -0.3 is 5.32 Å². The van der Waals surface area contributed by atoms with Crippen LogP contribution in [0.2, 0.25) is 0 Å². The third kappa shape index (κ3) is 3.67. The molecule has 2 N–H and O–H groups in total. The first kappa shape index (κ1) is 19.4. The summed E-state index contributed by atoms with van der Waals surface area (Å²) in [7, 11) is 0. The highest BCUT2D eigenvalue weighted by Crippen LogP contribution is 2.24. The number of imidazole rings is 1. The van der Waals surface area contributed by atoms with E-state index in [1.54, 1.807) is 10.9 Å². The molecule has 0 amide bonds. The second-order valence-corrected chi connectivity index (χ2v) is 7.48. The molecule has 0 saturated carbocycles. The van der Waals surface area contributed by atoms with Crippen LogP contribution in [0, 0.1) is 31.0 Å². The van der Waals surface area contributed by atoms with E-state index in [2.05, 4.69) is 31.7 Å². The first-order chi connectivity index (χ1) is 15.5. The standard InChI is InChI=1S/C22H18FN9/c1-13-5-20(30-29-13)28-22-27-19(7-21-26-14(2)10-32(21)22)17-9-25-31(12-17)11-16-6-18(23)4-3-15(16)8-24/h3-7,9-10,12H,11H2,1-2H3,(H2,27,28,29,30). The van der Waals surface area contributed by atoms with Gasteiger partial charge in [-0.3, -0.25) is 14.2 Å². The van der Waals surface area contributed by atoms with Crippen LogP contribution < -0.4 is 5.32 Å². The topological polar surface area (TPSA) is 113 Å². The Morgan fingerprint density at radius 3 is 2.81 bits per heavy atom. The van der Waals surface area contributed by atoms with Gasteiger partial charge in [-0.2, -0.15) is 15.5 Å². The molecule has 0 atom stereocenters. The fourth-order valence-corrected chi connectivity index (χ4v) is 3.50. The minimum Gasteiger partial charge on any atom is -0.308 e. The molecule has 1 aromatic carbocycles. The highest BCUT2D eigenvalue weighted by molar-refractivity contribution is 5.66. The van der Waals surface area contributed by atoms with Gasteiger partial charge >= 0.3 is 0 Å². The number of hydrogen-bond donors (Lipinski definition) is 2. The van der Waals surface area contributed by atoms with Crippen molar-refractivity contribution in [2.24, 2.45) is 0 Å². The van der Waals surface area contributed by atoms with Crippen molar-refractivity contribution >= 4 is 17.4 Å². The van der Waals surface area contributed by atoms with Crippen molar-refractivity contribution in [3.8, 4) is 17.3 Å². The SMILES string of the molecule is Cc1cn2c(Nc3cc(C)[nH]n3)nc(-c3cnn(Cc4cc(F)ccc4C#N)c3)cc2n1. The molecule has 5 aromatic rings. The number of anilines is 2. The number of aryl methyl sites for hydroxylation is 2. The second kappa shape index (κ2) is 7.63. The largest absolute Gasteiger partial charge is 0.308 e. The maximum absolute atomic E-state index is 13.7. The molecule has 10 heteroatoms. The number of halogens is 1. The lowest BCUT2D eigenvalue weighted by molar-refractivity contribution is 0.618. The Kier molecular flexibility index (Phi) is 4.63. The van der Waals surface area contributed by atoms with Gasteiger partial charge in [-0.15, -0.1) is 0 Å². The number of rotatable bonds is 5. The summed E-state index contributed by atoms with van der Waals surface area (Å²) in [4.78, 5) is 9.31. The third-order valence-corrected chi connectivity index (χ3v) is 4.97. The van der Waals surface area contributed by atoms with Gasteiger partial charge in [0.2, 0.25) is 5.95 Å². The van der Waals surface area contributed by atoms with Crippen LogP contribution in [0.5, 0.6) is 0 Å². The van der Waals surface area contributed by atoms with Crippen molar-refractivity contribution in [2.75, 3.05) is 5.32 Å². The van der Waals surface area contributed by atoms with E-state index >= 15 is 0 Å². The Morgan fingerprint density at radius 1 is 1.16 bits per heavy atom. The lowest BCUT2D eigenvalue weighted by atomic mass is 10.1. The van der Waals surface area contributed by atoms with Gasteiger partial charge in [0, 0.05) is 35.8 Å². The summed E-state index contributed by atoms with van der Waals surface area (Å²) < 4.78 is 17.2. The summed E-state index contributed by atoms with van der Waals surface area (Å²) in [5, 5.41) is 24.0. The van der Waals surface area contributed by atoms with Crippen molar-refractivity contribution in [3.05, 3.63) is 77.3 Å². The molecule has 0 fully saturated rings. The van der Waals surface area contributed by atoms with Crippen LogP contribution in [0.15, 0.2) is 48.9 Å². The minimum absolute atomic E-state index is 0.267. The van der Waals surface area contributed by atoms with Crippen LogP contribution in [-0.2, 0) is 6.54 Å². The molecule has 4 aromatic heterocycles. The maximum atomic E-state index is 13.7. The van der Waals surface area contributed by atoms with E-state index < -0.39 is 5.82 Å². The van der Waals surface area contributed by atoms with E-state index in [-0.39, 0.29) is 6.54 Å². The molecule has 0 saturated heterocycles. The van der Waals surface area contributed by atoms with Gasteiger partial charge in [0.1, 0.15) is 11.5 Å².